The average Bonchev–Trinajstić information content (AvgIpc) is 3.35. The predicted molar refractivity (Wildman–Crippen MR) is 98.8 cm³/mol. The number of rotatable bonds is 6. The lowest BCUT2D eigenvalue weighted by atomic mass is 10.2. The third-order valence-electron chi connectivity index (χ3n) is 4.85. The van der Waals surface area contributed by atoms with E-state index in [1.165, 1.54) is 10.4 Å². The Bertz CT molecular complexity index is 959. The number of benzene rings is 1. The van der Waals surface area contributed by atoms with Crippen molar-refractivity contribution in [3.63, 3.8) is 0 Å². The third kappa shape index (κ3) is 3.54. The van der Waals surface area contributed by atoms with Crippen LogP contribution in [-0.2, 0) is 15.8 Å². The van der Waals surface area contributed by atoms with Crippen LogP contribution in [0.1, 0.15) is 30.1 Å². The number of hydrogen-bond donors (Lipinski definition) is 0. The number of aryl methyl sites for hydroxylation is 1. The average molecular weight is 374 g/mol. The first kappa shape index (κ1) is 17.3. The van der Waals surface area contributed by atoms with Gasteiger partial charge < -0.3 is 9.30 Å². The van der Waals surface area contributed by atoms with Gasteiger partial charge in [0.1, 0.15) is 11.9 Å². The molecule has 7 heteroatoms. The van der Waals surface area contributed by atoms with Crippen LogP contribution < -0.4 is 10.3 Å². The summed E-state index contributed by atoms with van der Waals surface area (Å²) in [7, 11) is -3.34. The molecule has 1 aliphatic carbocycles. The molecule has 2 aliphatic rings. The molecule has 1 aliphatic heterocycles. The summed E-state index contributed by atoms with van der Waals surface area (Å²) in [5.74, 6) is 0.520. The summed E-state index contributed by atoms with van der Waals surface area (Å²) < 4.78 is 33.9. The zero-order valence-electron chi connectivity index (χ0n) is 14.7. The lowest BCUT2D eigenvalue weighted by Gasteiger charge is -2.37. The molecule has 2 aromatic rings. The molecule has 2 heterocycles. The summed E-state index contributed by atoms with van der Waals surface area (Å²) in [6, 6.07) is 12.8. The Kier molecular flexibility index (Phi) is 4.36. The van der Waals surface area contributed by atoms with E-state index in [-0.39, 0.29) is 17.4 Å². The Morgan fingerprint density at radius 1 is 1.12 bits per heavy atom. The molecule has 0 radical (unpaired) electrons. The van der Waals surface area contributed by atoms with E-state index < -0.39 is 10.0 Å². The summed E-state index contributed by atoms with van der Waals surface area (Å²) in [6.45, 7) is 2.55. The van der Waals surface area contributed by atoms with Gasteiger partial charge in [0.25, 0.3) is 5.56 Å². The molecule has 6 nitrogen and oxygen atoms in total. The van der Waals surface area contributed by atoms with Crippen molar-refractivity contribution in [3.8, 4) is 5.75 Å². The molecule has 2 fully saturated rings. The fourth-order valence-corrected chi connectivity index (χ4v) is 4.90. The van der Waals surface area contributed by atoms with Gasteiger partial charge in [0.15, 0.2) is 0 Å². The minimum Gasteiger partial charge on any atom is -0.487 e. The van der Waals surface area contributed by atoms with Crippen molar-refractivity contribution < 1.29 is 13.2 Å². The fourth-order valence-electron chi connectivity index (χ4n) is 3.32. The Labute approximate surface area is 153 Å². The number of hydrogen-bond acceptors (Lipinski definition) is 4. The lowest BCUT2D eigenvalue weighted by Crippen LogP contribution is -2.56. The van der Waals surface area contributed by atoms with E-state index in [1.54, 1.807) is 0 Å². The summed E-state index contributed by atoms with van der Waals surface area (Å²) in [6.07, 6.45) is 1.89. The van der Waals surface area contributed by atoms with Crippen LogP contribution in [0.15, 0.2) is 47.3 Å². The first-order valence-corrected chi connectivity index (χ1v) is 10.4. The van der Waals surface area contributed by atoms with Gasteiger partial charge >= 0.3 is 0 Å². The third-order valence-corrected chi connectivity index (χ3v) is 6.63. The van der Waals surface area contributed by atoms with Crippen LogP contribution in [0.25, 0.3) is 0 Å². The van der Waals surface area contributed by atoms with Crippen molar-refractivity contribution in [1.82, 2.24) is 8.87 Å². The molecule has 138 valence electrons. The van der Waals surface area contributed by atoms with E-state index in [2.05, 4.69) is 0 Å². The molecule has 1 aromatic carbocycles. The van der Waals surface area contributed by atoms with Crippen LogP contribution in [0, 0.1) is 6.92 Å². The largest absolute Gasteiger partial charge is 0.487 e. The molecule has 1 aromatic heterocycles. The van der Waals surface area contributed by atoms with E-state index >= 15 is 0 Å². The molecule has 1 saturated heterocycles. The fraction of sp³-hybridized carbons (Fsp3) is 0.421. The van der Waals surface area contributed by atoms with Gasteiger partial charge in [0.2, 0.25) is 10.0 Å². The zero-order chi connectivity index (χ0) is 18.3. The van der Waals surface area contributed by atoms with Crippen LogP contribution in [0.3, 0.4) is 0 Å². The number of pyridine rings is 1. The number of nitrogens with zero attached hydrogens (tertiary/aromatic N) is 2. The van der Waals surface area contributed by atoms with E-state index in [4.69, 9.17) is 4.74 Å². The first-order chi connectivity index (χ1) is 12.4. The Morgan fingerprint density at radius 2 is 1.81 bits per heavy atom. The van der Waals surface area contributed by atoms with Crippen LogP contribution in [-0.4, -0.2) is 36.5 Å². The predicted octanol–water partition coefficient (Wildman–Crippen LogP) is 2.08. The Balaban J connectivity index is 1.37. The summed E-state index contributed by atoms with van der Waals surface area (Å²) >= 11 is 0. The summed E-state index contributed by atoms with van der Waals surface area (Å²) in [4.78, 5) is 12.2. The topological polar surface area (TPSA) is 68.6 Å². The van der Waals surface area contributed by atoms with Crippen molar-refractivity contribution in [2.75, 3.05) is 13.1 Å². The van der Waals surface area contributed by atoms with Crippen molar-refractivity contribution in [1.29, 1.82) is 0 Å². The van der Waals surface area contributed by atoms with Crippen molar-refractivity contribution in [2.45, 2.75) is 37.7 Å². The van der Waals surface area contributed by atoms with Crippen LogP contribution in [0.4, 0.5) is 0 Å². The lowest BCUT2D eigenvalue weighted by molar-refractivity contribution is 0.0757. The van der Waals surface area contributed by atoms with Gasteiger partial charge in [-0.2, -0.15) is 4.31 Å². The number of ether oxygens (including phenoxy) is 1. The molecule has 0 N–H and O–H groups in total. The van der Waals surface area contributed by atoms with E-state index in [0.717, 1.165) is 24.1 Å². The van der Waals surface area contributed by atoms with Gasteiger partial charge in [0, 0.05) is 17.8 Å². The summed E-state index contributed by atoms with van der Waals surface area (Å²) in [5, 5.41) is 0. The maximum Gasteiger partial charge on any atom is 0.254 e. The second-order valence-electron chi connectivity index (χ2n) is 7.07. The second-order valence-corrected chi connectivity index (χ2v) is 9.04. The maximum atomic E-state index is 12.4. The highest BCUT2D eigenvalue weighted by molar-refractivity contribution is 7.88. The van der Waals surface area contributed by atoms with Crippen molar-refractivity contribution >= 4 is 10.0 Å². The molecule has 0 atom stereocenters. The molecule has 1 saturated carbocycles. The summed E-state index contributed by atoms with van der Waals surface area (Å²) in [5.41, 5.74) is 1.62. The quantitative estimate of drug-likeness (QED) is 0.776. The van der Waals surface area contributed by atoms with Gasteiger partial charge in [-0.3, -0.25) is 4.79 Å². The molecule has 0 amide bonds. The monoisotopic (exact) mass is 374 g/mol. The molecular weight excluding hydrogens is 352 g/mol. The van der Waals surface area contributed by atoms with Gasteiger partial charge in [-0.25, -0.2) is 8.42 Å². The molecule has 0 bridgehead atoms. The Hall–Kier alpha value is -2.12. The standard InChI is InChI=1S/C19H22N2O4S/c1-14-9-17(10-19(22)21(14)16-7-8-16)25-18-11-20(12-18)26(23,24)13-15-5-3-2-4-6-15/h2-6,9-10,16,18H,7-8,11-13H2,1H3. The van der Waals surface area contributed by atoms with E-state index in [1.807, 2.05) is 47.9 Å². The highest BCUT2D eigenvalue weighted by atomic mass is 32.2. The number of sulfonamides is 1. The van der Waals surface area contributed by atoms with Crippen LogP contribution in [0.5, 0.6) is 5.75 Å². The van der Waals surface area contributed by atoms with E-state index in [9.17, 15) is 13.2 Å². The van der Waals surface area contributed by atoms with Crippen LogP contribution >= 0.6 is 0 Å². The van der Waals surface area contributed by atoms with Gasteiger partial charge in [-0.1, -0.05) is 30.3 Å². The van der Waals surface area contributed by atoms with Gasteiger partial charge in [-0.15, -0.1) is 0 Å². The van der Waals surface area contributed by atoms with Crippen LogP contribution in [0.2, 0.25) is 0 Å². The molecule has 0 unspecified atom stereocenters. The van der Waals surface area contributed by atoms with Crippen molar-refractivity contribution in [3.05, 3.63) is 64.1 Å². The molecule has 4 rings (SSSR count). The maximum absolute atomic E-state index is 12.4. The SMILES string of the molecule is Cc1cc(OC2CN(S(=O)(=O)Cc3ccccc3)C2)cc(=O)n1C1CC1. The van der Waals surface area contributed by atoms with Gasteiger partial charge in [-0.05, 0) is 31.4 Å². The van der Waals surface area contributed by atoms with Gasteiger partial charge in [0.05, 0.1) is 18.8 Å². The highest BCUT2D eigenvalue weighted by Crippen LogP contribution is 2.35. The Morgan fingerprint density at radius 3 is 2.42 bits per heavy atom. The molecule has 26 heavy (non-hydrogen) atoms. The molecule has 0 spiro atoms. The first-order valence-electron chi connectivity index (χ1n) is 8.84. The zero-order valence-corrected chi connectivity index (χ0v) is 15.5. The second kappa shape index (κ2) is 6.55. The normalized spacial score (nSPS) is 18.5. The number of aromatic nitrogens is 1. The molecular formula is C19H22N2O4S. The van der Waals surface area contributed by atoms with E-state index in [0.29, 0.717) is 24.9 Å². The van der Waals surface area contributed by atoms with Crippen molar-refractivity contribution in [2.24, 2.45) is 0 Å². The minimum atomic E-state index is -3.34. The smallest absolute Gasteiger partial charge is 0.254 e. The minimum absolute atomic E-state index is 0.00288. The highest BCUT2D eigenvalue weighted by Gasteiger charge is 2.37.